The standard InChI is InChI=1S/2C19H40.24CH4.B/c2*1-8-16(4)14-19(7)12-10-17(5)9-11-18(6)13-15(2)3;;;;;;;;;;;;;;;;;;;;;;;;;/h2*15-19H,8-14H2,1-7H3;24*1H4;. The zero-order chi connectivity index (χ0) is 29.7. The Morgan fingerprint density at radius 3 is 0.444 bits per heavy atom. The van der Waals surface area contributed by atoms with Gasteiger partial charge in [-0.05, 0) is 84.9 Å². The van der Waals surface area contributed by atoms with E-state index in [9.17, 15) is 0 Å². The van der Waals surface area contributed by atoms with E-state index in [0.717, 1.165) is 59.2 Å². The molecule has 0 bridgehead atoms. The van der Waals surface area contributed by atoms with Crippen molar-refractivity contribution in [3.63, 3.8) is 0 Å². The van der Waals surface area contributed by atoms with Crippen molar-refractivity contribution in [1.82, 2.24) is 0 Å². The van der Waals surface area contributed by atoms with Crippen LogP contribution in [0.2, 0.25) is 0 Å². The van der Waals surface area contributed by atoms with Gasteiger partial charge in [0.1, 0.15) is 0 Å². The molecule has 0 rings (SSSR count). The molecule has 0 spiro atoms. The Bertz CT molecular complexity index is 440. The maximum atomic E-state index is 2.46. The van der Waals surface area contributed by atoms with Crippen LogP contribution >= 0.6 is 0 Å². The largest absolute Gasteiger partial charge is 0.0776 e. The van der Waals surface area contributed by atoms with Crippen LogP contribution in [0.1, 0.15) is 365 Å². The fraction of sp³-hybridized carbons (Fsp3) is 1.00. The average Bonchev–Trinajstić information content (AvgIpc) is 2.83. The van der Waals surface area contributed by atoms with Gasteiger partial charge in [-0.25, -0.2) is 0 Å². The van der Waals surface area contributed by atoms with Gasteiger partial charge in [0, 0.05) is 8.41 Å². The Morgan fingerprint density at radius 2 is 0.317 bits per heavy atom. The minimum atomic E-state index is 0. The van der Waals surface area contributed by atoms with Gasteiger partial charge in [-0.3, -0.25) is 0 Å². The molecule has 1 heteroatoms. The molecule has 0 aromatic rings. The molecule has 8 atom stereocenters. The molecule has 0 N–H and O–H groups in total. The monoisotopic (exact) mass is 932 g/mol. The molecule has 427 valence electrons. The van der Waals surface area contributed by atoms with Crippen LogP contribution in [0.3, 0.4) is 0 Å². The highest BCUT2D eigenvalue weighted by atomic mass is 14.2. The lowest BCUT2D eigenvalue weighted by Crippen LogP contribution is -2.07. The molecule has 0 saturated carbocycles. The van der Waals surface area contributed by atoms with Crippen LogP contribution in [0.4, 0.5) is 0 Å². The van der Waals surface area contributed by atoms with Gasteiger partial charge in [0.05, 0.1) is 0 Å². The van der Waals surface area contributed by atoms with Crippen LogP contribution in [0.15, 0.2) is 0 Å². The summed E-state index contributed by atoms with van der Waals surface area (Å²) in [5.74, 6) is 9.08. The zero-order valence-corrected chi connectivity index (χ0v) is 30.3. The van der Waals surface area contributed by atoms with Crippen LogP contribution in [-0.4, -0.2) is 8.41 Å². The highest BCUT2D eigenvalue weighted by Gasteiger charge is 2.13. The second kappa shape index (κ2) is 119. The predicted octanol–water partition coefficient (Wildman–Crippen LogP) is 28.8. The molecular weight excluding hydrogens is 755 g/mol. The summed E-state index contributed by atoms with van der Waals surface area (Å²) in [4.78, 5) is 0. The fourth-order valence-corrected chi connectivity index (χ4v) is 6.35. The van der Waals surface area contributed by atoms with E-state index in [-0.39, 0.29) is 187 Å². The topological polar surface area (TPSA) is 0 Å². The molecule has 8 unspecified atom stereocenters. The van der Waals surface area contributed by atoms with Gasteiger partial charge in [0.25, 0.3) is 0 Å². The van der Waals surface area contributed by atoms with Crippen molar-refractivity contribution >= 4 is 8.41 Å². The lowest BCUT2D eigenvalue weighted by atomic mass is 9.86. The molecule has 0 amide bonds. The summed E-state index contributed by atoms with van der Waals surface area (Å²) in [5, 5.41) is 0. The van der Waals surface area contributed by atoms with Crippen molar-refractivity contribution in [3.05, 3.63) is 0 Å². The maximum Gasteiger partial charge on any atom is 0 e. The van der Waals surface area contributed by atoms with E-state index in [2.05, 4.69) is 96.9 Å². The van der Waals surface area contributed by atoms with Gasteiger partial charge in [-0.1, -0.05) is 339 Å². The molecule has 63 heavy (non-hydrogen) atoms. The van der Waals surface area contributed by atoms with Crippen molar-refractivity contribution in [2.24, 2.45) is 59.2 Å². The molecule has 0 heterocycles. The van der Waals surface area contributed by atoms with Crippen LogP contribution in [0.25, 0.3) is 0 Å². The summed E-state index contributed by atoms with van der Waals surface area (Å²) in [7, 11) is 0. The molecule has 0 aliphatic heterocycles. The van der Waals surface area contributed by atoms with Crippen LogP contribution in [0, 0.1) is 59.2 Å². The maximum absolute atomic E-state index is 2.46. The minimum Gasteiger partial charge on any atom is -0.0776 e. The summed E-state index contributed by atoms with van der Waals surface area (Å²) < 4.78 is 0. The van der Waals surface area contributed by atoms with Gasteiger partial charge < -0.3 is 0 Å². The molecule has 0 aromatic heterocycles. The fourth-order valence-electron chi connectivity index (χ4n) is 6.35. The van der Waals surface area contributed by atoms with Crippen molar-refractivity contribution in [2.45, 2.75) is 365 Å². The summed E-state index contributed by atoms with van der Waals surface area (Å²) in [5.41, 5.74) is 0. The molecule has 0 saturated heterocycles. The van der Waals surface area contributed by atoms with Gasteiger partial charge in [-0.2, -0.15) is 0 Å². The Balaban J connectivity index is -0.0000000118. The molecule has 0 fully saturated rings. The normalized spacial score (nSPS) is 11.0. The van der Waals surface area contributed by atoms with E-state index in [1.165, 1.54) is 89.9 Å². The van der Waals surface area contributed by atoms with Gasteiger partial charge in [0.15, 0.2) is 0 Å². The Labute approximate surface area is 430 Å². The Kier molecular flexibility index (Phi) is 353. The Hall–Kier alpha value is 0.0649. The average molecular weight is 933 g/mol. The molecule has 0 aliphatic rings. The van der Waals surface area contributed by atoms with Crippen molar-refractivity contribution in [3.8, 4) is 0 Å². The minimum absolute atomic E-state index is 0. The molecule has 0 aliphatic carbocycles. The molecular formula is C62H176B. The summed E-state index contributed by atoms with van der Waals surface area (Å²) in [6, 6.07) is 0. The van der Waals surface area contributed by atoms with E-state index in [0.29, 0.717) is 0 Å². The second-order valence-electron chi connectivity index (χ2n) is 15.7. The van der Waals surface area contributed by atoms with Crippen LogP contribution in [0.5, 0.6) is 0 Å². The zero-order valence-electron chi connectivity index (χ0n) is 30.3. The first-order chi connectivity index (χ1) is 17.7. The van der Waals surface area contributed by atoms with Crippen molar-refractivity contribution in [1.29, 1.82) is 0 Å². The quantitative estimate of drug-likeness (QED) is 0.0949. The first kappa shape index (κ1) is 187. The second-order valence-corrected chi connectivity index (χ2v) is 15.7. The third kappa shape index (κ3) is 139. The first-order valence-electron chi connectivity index (χ1n) is 17.7. The van der Waals surface area contributed by atoms with E-state index in [4.69, 9.17) is 0 Å². The van der Waals surface area contributed by atoms with E-state index < -0.39 is 0 Å². The highest BCUT2D eigenvalue weighted by molar-refractivity contribution is 5.75. The van der Waals surface area contributed by atoms with Gasteiger partial charge in [-0.15, -0.1) is 0 Å². The third-order valence-electron chi connectivity index (χ3n) is 9.36. The van der Waals surface area contributed by atoms with Crippen LogP contribution < -0.4 is 0 Å². The number of hydrogen-bond donors (Lipinski definition) is 0. The van der Waals surface area contributed by atoms with Crippen molar-refractivity contribution in [2.75, 3.05) is 0 Å². The van der Waals surface area contributed by atoms with Crippen LogP contribution in [-0.2, 0) is 0 Å². The summed E-state index contributed by atoms with van der Waals surface area (Å²) >= 11 is 0. The lowest BCUT2D eigenvalue weighted by molar-refractivity contribution is 0.325. The van der Waals surface area contributed by atoms with Gasteiger partial charge in [0.2, 0.25) is 0 Å². The SMILES string of the molecule is C.C.C.C.C.C.C.C.C.C.C.C.C.C.C.C.C.C.C.C.C.C.C.C.CCC(C)CC(C)CCC(C)CCC(C)CC(C)C.CCC(C)CC(C)CCC(C)CCC(C)CC(C)C.[B]. The highest BCUT2D eigenvalue weighted by Crippen LogP contribution is 2.26. The molecule has 3 radical (unpaired) electrons. The first-order valence-corrected chi connectivity index (χ1v) is 17.7. The van der Waals surface area contributed by atoms with E-state index in [1.54, 1.807) is 0 Å². The smallest absolute Gasteiger partial charge is 0 e. The number of rotatable bonds is 22. The molecule has 0 aromatic carbocycles. The molecule has 0 nitrogen and oxygen atoms in total. The van der Waals surface area contributed by atoms with E-state index in [1.807, 2.05) is 0 Å². The van der Waals surface area contributed by atoms with Crippen molar-refractivity contribution < 1.29 is 0 Å². The Morgan fingerprint density at radius 1 is 0.190 bits per heavy atom. The summed E-state index contributed by atoms with van der Waals surface area (Å²) in [6.07, 6.45) is 19.8. The van der Waals surface area contributed by atoms with Gasteiger partial charge >= 0.3 is 0 Å². The summed E-state index contributed by atoms with van der Waals surface area (Å²) in [6.45, 7) is 33.5. The number of hydrogen-bond acceptors (Lipinski definition) is 0. The third-order valence-corrected chi connectivity index (χ3v) is 9.36. The van der Waals surface area contributed by atoms with E-state index >= 15 is 0 Å². The predicted molar refractivity (Wildman–Crippen MR) is 346 cm³/mol. The lowest BCUT2D eigenvalue weighted by Gasteiger charge is -2.20.